The van der Waals surface area contributed by atoms with Gasteiger partial charge >= 0.3 is 0 Å². The molecule has 0 aliphatic carbocycles. The van der Waals surface area contributed by atoms with Gasteiger partial charge in [0.15, 0.2) is 6.61 Å². The summed E-state index contributed by atoms with van der Waals surface area (Å²) in [6.07, 6.45) is 0.792. The smallest absolute Gasteiger partial charge is 0.261 e. The number of nitrogens with zero attached hydrogens (tertiary/aromatic N) is 1. The summed E-state index contributed by atoms with van der Waals surface area (Å²) in [6.45, 7) is 9.80. The quantitative estimate of drug-likeness (QED) is 0.599. The molecule has 0 radical (unpaired) electrons. The Bertz CT molecular complexity index is 850. The first-order chi connectivity index (χ1) is 14.7. The van der Waals surface area contributed by atoms with E-state index in [1.165, 1.54) is 22.6 Å². The van der Waals surface area contributed by atoms with E-state index in [4.69, 9.17) is 4.74 Å². The van der Waals surface area contributed by atoms with Gasteiger partial charge in [-0.25, -0.2) is 4.39 Å². The van der Waals surface area contributed by atoms with Crippen molar-refractivity contribution in [3.05, 3.63) is 65.5 Å². The summed E-state index contributed by atoms with van der Waals surface area (Å²) in [5.74, 6) is 0.107. The third kappa shape index (κ3) is 7.39. The molecule has 0 aliphatic rings. The Labute approximate surface area is 184 Å². The fourth-order valence-corrected chi connectivity index (χ4v) is 3.01. The maximum absolute atomic E-state index is 13.3. The van der Waals surface area contributed by atoms with E-state index in [-0.39, 0.29) is 36.8 Å². The number of nitrogens with one attached hydrogen (secondary N) is 1. The first kappa shape index (κ1) is 24.4. The summed E-state index contributed by atoms with van der Waals surface area (Å²) in [4.78, 5) is 27.1. The van der Waals surface area contributed by atoms with Crippen molar-refractivity contribution in [1.82, 2.24) is 10.2 Å². The first-order valence-corrected chi connectivity index (χ1v) is 10.8. The van der Waals surface area contributed by atoms with Gasteiger partial charge in [0, 0.05) is 12.6 Å². The van der Waals surface area contributed by atoms with Crippen molar-refractivity contribution in [2.75, 3.05) is 6.61 Å². The van der Waals surface area contributed by atoms with Gasteiger partial charge in [-0.05, 0) is 61.6 Å². The lowest BCUT2D eigenvalue weighted by molar-refractivity contribution is -0.142. The van der Waals surface area contributed by atoms with Gasteiger partial charge in [-0.1, -0.05) is 45.0 Å². The maximum Gasteiger partial charge on any atom is 0.261 e. The van der Waals surface area contributed by atoms with Gasteiger partial charge in [0.25, 0.3) is 5.91 Å². The van der Waals surface area contributed by atoms with Crippen molar-refractivity contribution >= 4 is 11.8 Å². The van der Waals surface area contributed by atoms with E-state index in [9.17, 15) is 14.0 Å². The molecule has 2 amide bonds. The number of hydrogen-bond acceptors (Lipinski definition) is 3. The van der Waals surface area contributed by atoms with E-state index >= 15 is 0 Å². The van der Waals surface area contributed by atoms with Crippen LogP contribution in [0, 0.1) is 5.82 Å². The van der Waals surface area contributed by atoms with Crippen LogP contribution in [-0.2, 0) is 16.1 Å². The summed E-state index contributed by atoms with van der Waals surface area (Å²) < 4.78 is 19.0. The standard InChI is InChI=1S/C25H33FN2O3/c1-6-18(4)27-25(30)19(5)28(15-20-7-11-22(26)12-8-20)24(29)16-31-23-13-9-21(10-14-23)17(2)3/h7-14,17-19H,6,15-16H2,1-5H3,(H,27,30)/t18-,19-/m0/s1. The molecule has 0 saturated carbocycles. The zero-order valence-corrected chi connectivity index (χ0v) is 19.0. The number of amides is 2. The Balaban J connectivity index is 2.12. The Hall–Kier alpha value is -2.89. The summed E-state index contributed by atoms with van der Waals surface area (Å²) >= 11 is 0. The van der Waals surface area contributed by atoms with Crippen LogP contribution >= 0.6 is 0 Å². The lowest BCUT2D eigenvalue weighted by Crippen LogP contribution is -2.50. The second-order valence-electron chi connectivity index (χ2n) is 8.15. The van der Waals surface area contributed by atoms with Crippen molar-refractivity contribution in [3.63, 3.8) is 0 Å². The fraction of sp³-hybridized carbons (Fsp3) is 0.440. The molecule has 2 atom stereocenters. The molecule has 1 N–H and O–H groups in total. The Kier molecular flexibility index (Phi) is 9.03. The van der Waals surface area contributed by atoms with Crippen LogP contribution in [0.5, 0.6) is 5.75 Å². The molecular formula is C25H33FN2O3. The molecule has 2 rings (SSSR count). The van der Waals surface area contributed by atoms with Gasteiger partial charge in [-0.3, -0.25) is 9.59 Å². The molecular weight excluding hydrogens is 395 g/mol. The minimum Gasteiger partial charge on any atom is -0.484 e. The highest BCUT2D eigenvalue weighted by Crippen LogP contribution is 2.19. The predicted octanol–water partition coefficient (Wildman–Crippen LogP) is 4.66. The Morgan fingerprint density at radius 3 is 2.16 bits per heavy atom. The second-order valence-corrected chi connectivity index (χ2v) is 8.15. The average Bonchev–Trinajstić information content (AvgIpc) is 2.76. The molecule has 2 aromatic rings. The third-order valence-electron chi connectivity index (χ3n) is 5.34. The van der Waals surface area contributed by atoms with Crippen LogP contribution in [0.2, 0.25) is 0 Å². The van der Waals surface area contributed by atoms with Crippen molar-refractivity contribution in [2.45, 2.75) is 65.6 Å². The van der Waals surface area contributed by atoms with Crippen LogP contribution in [0.3, 0.4) is 0 Å². The average molecular weight is 429 g/mol. The number of carbonyl (C=O) groups excluding carboxylic acids is 2. The number of hydrogen-bond donors (Lipinski definition) is 1. The SMILES string of the molecule is CC[C@H](C)NC(=O)[C@H](C)N(Cc1ccc(F)cc1)C(=O)COc1ccc(C(C)C)cc1. The number of rotatable bonds is 10. The van der Waals surface area contributed by atoms with Gasteiger partial charge in [-0.15, -0.1) is 0 Å². The van der Waals surface area contributed by atoms with E-state index < -0.39 is 6.04 Å². The molecule has 168 valence electrons. The topological polar surface area (TPSA) is 58.6 Å². The first-order valence-electron chi connectivity index (χ1n) is 10.8. The van der Waals surface area contributed by atoms with E-state index in [0.29, 0.717) is 11.7 Å². The summed E-state index contributed by atoms with van der Waals surface area (Å²) in [7, 11) is 0. The van der Waals surface area contributed by atoms with Crippen LogP contribution in [0.15, 0.2) is 48.5 Å². The van der Waals surface area contributed by atoms with Crippen LogP contribution < -0.4 is 10.1 Å². The van der Waals surface area contributed by atoms with E-state index in [0.717, 1.165) is 12.0 Å². The number of halogens is 1. The third-order valence-corrected chi connectivity index (χ3v) is 5.34. The minimum absolute atomic E-state index is 0.00782. The highest BCUT2D eigenvalue weighted by Gasteiger charge is 2.27. The molecule has 0 aromatic heterocycles. The van der Waals surface area contributed by atoms with Gasteiger partial charge < -0.3 is 15.0 Å². The summed E-state index contributed by atoms with van der Waals surface area (Å²) in [5, 5.41) is 2.92. The molecule has 6 heteroatoms. The van der Waals surface area contributed by atoms with Crippen LogP contribution in [0.1, 0.15) is 58.1 Å². The molecule has 0 fully saturated rings. The van der Waals surface area contributed by atoms with Crippen LogP contribution in [0.4, 0.5) is 4.39 Å². The largest absolute Gasteiger partial charge is 0.484 e. The molecule has 0 bridgehead atoms. The van der Waals surface area contributed by atoms with Gasteiger partial charge in [-0.2, -0.15) is 0 Å². The maximum atomic E-state index is 13.3. The zero-order valence-electron chi connectivity index (χ0n) is 19.0. The van der Waals surface area contributed by atoms with Crippen LogP contribution in [0.25, 0.3) is 0 Å². The van der Waals surface area contributed by atoms with Crippen molar-refractivity contribution in [3.8, 4) is 5.75 Å². The second kappa shape index (κ2) is 11.5. The van der Waals surface area contributed by atoms with Gasteiger partial charge in [0.1, 0.15) is 17.6 Å². The van der Waals surface area contributed by atoms with Crippen molar-refractivity contribution in [2.24, 2.45) is 0 Å². The lowest BCUT2D eigenvalue weighted by atomic mass is 10.0. The normalized spacial score (nSPS) is 12.9. The predicted molar refractivity (Wildman–Crippen MR) is 120 cm³/mol. The van der Waals surface area contributed by atoms with E-state index in [1.54, 1.807) is 19.1 Å². The zero-order chi connectivity index (χ0) is 23.0. The molecule has 0 spiro atoms. The van der Waals surface area contributed by atoms with Crippen molar-refractivity contribution in [1.29, 1.82) is 0 Å². The molecule has 31 heavy (non-hydrogen) atoms. The monoisotopic (exact) mass is 428 g/mol. The highest BCUT2D eigenvalue weighted by molar-refractivity contribution is 5.88. The van der Waals surface area contributed by atoms with Gasteiger partial charge in [0.05, 0.1) is 0 Å². The molecule has 0 saturated heterocycles. The number of carbonyl (C=O) groups is 2. The van der Waals surface area contributed by atoms with E-state index in [1.807, 2.05) is 38.1 Å². The Morgan fingerprint density at radius 1 is 1.00 bits per heavy atom. The minimum atomic E-state index is -0.696. The molecule has 0 aliphatic heterocycles. The summed E-state index contributed by atoms with van der Waals surface area (Å²) in [5.41, 5.74) is 1.92. The van der Waals surface area contributed by atoms with E-state index in [2.05, 4.69) is 19.2 Å². The number of ether oxygens (including phenoxy) is 1. The van der Waals surface area contributed by atoms with Crippen LogP contribution in [-0.4, -0.2) is 35.4 Å². The molecule has 5 nitrogen and oxygen atoms in total. The highest BCUT2D eigenvalue weighted by atomic mass is 19.1. The Morgan fingerprint density at radius 2 is 1.61 bits per heavy atom. The summed E-state index contributed by atoms with van der Waals surface area (Å²) in [6, 6.07) is 12.8. The molecule has 0 unspecified atom stereocenters. The molecule has 2 aromatic carbocycles. The lowest BCUT2D eigenvalue weighted by Gasteiger charge is -2.29. The van der Waals surface area contributed by atoms with Crippen molar-refractivity contribution < 1.29 is 18.7 Å². The number of benzene rings is 2. The molecule has 0 heterocycles. The van der Waals surface area contributed by atoms with Gasteiger partial charge in [0.2, 0.25) is 5.91 Å². The fourth-order valence-electron chi connectivity index (χ4n) is 3.01.